The molecule has 0 atom stereocenters. The molecule has 0 saturated carbocycles. The Bertz CT molecular complexity index is 507. The second-order valence-corrected chi connectivity index (χ2v) is 9.14. The second kappa shape index (κ2) is 4.99. The normalized spacial score (nSPS) is 12.5. The highest BCUT2D eigenvalue weighted by Crippen LogP contribution is 2.29. The van der Waals surface area contributed by atoms with Crippen molar-refractivity contribution in [3.8, 4) is 0 Å². The number of carbonyl (C=O) groups is 1. The molecule has 1 rings (SSSR count). The van der Waals surface area contributed by atoms with Crippen LogP contribution in [0.15, 0.2) is 20.1 Å². The van der Waals surface area contributed by atoms with Gasteiger partial charge in [0.05, 0.1) is 3.79 Å². The van der Waals surface area contributed by atoms with Gasteiger partial charge in [-0.1, -0.05) is 34.8 Å². The smallest absolute Gasteiger partial charge is 0.269 e. The molecule has 1 amide bonds. The van der Waals surface area contributed by atoms with Crippen molar-refractivity contribution in [3.05, 3.63) is 15.9 Å². The van der Waals surface area contributed by atoms with Gasteiger partial charge in [-0.2, -0.15) is 0 Å². The topological polar surface area (TPSA) is 63.2 Å². The van der Waals surface area contributed by atoms with E-state index in [1.165, 1.54) is 12.1 Å². The Labute approximate surface area is 119 Å². The van der Waals surface area contributed by atoms with Gasteiger partial charge in [-0.05, 0) is 28.1 Å². The van der Waals surface area contributed by atoms with Crippen LogP contribution in [0.5, 0.6) is 0 Å². The van der Waals surface area contributed by atoms with E-state index in [0.29, 0.717) is 3.79 Å². The van der Waals surface area contributed by atoms with Crippen LogP contribution in [-0.2, 0) is 14.8 Å². The number of alkyl halides is 3. The maximum absolute atomic E-state index is 11.6. The van der Waals surface area contributed by atoms with E-state index in [1.807, 2.05) is 0 Å². The van der Waals surface area contributed by atoms with Gasteiger partial charge in [0.1, 0.15) is 4.21 Å². The van der Waals surface area contributed by atoms with Gasteiger partial charge in [-0.25, -0.2) is 13.1 Å². The van der Waals surface area contributed by atoms with Crippen LogP contribution < -0.4 is 4.72 Å². The molecule has 90 valence electrons. The van der Waals surface area contributed by atoms with E-state index in [0.717, 1.165) is 11.3 Å². The van der Waals surface area contributed by atoms with Crippen LogP contribution in [0.2, 0.25) is 0 Å². The number of halogens is 4. The molecule has 0 aliphatic rings. The standard InChI is InChI=1S/C6H3BrCl3NO3S2/c7-3-1-2-4(15-3)16(13,14)11-5(12)6(8,9)10/h1-2H,(H,11,12). The minimum Gasteiger partial charge on any atom is -0.269 e. The fraction of sp³-hybridized carbons (Fsp3) is 0.167. The van der Waals surface area contributed by atoms with E-state index in [9.17, 15) is 13.2 Å². The fourth-order valence-electron chi connectivity index (χ4n) is 0.672. The van der Waals surface area contributed by atoms with Gasteiger partial charge in [0.15, 0.2) is 0 Å². The molecule has 0 aliphatic carbocycles. The zero-order valence-electron chi connectivity index (χ0n) is 7.21. The first-order valence-corrected chi connectivity index (χ1v) is 7.75. The van der Waals surface area contributed by atoms with Crippen molar-refractivity contribution in [2.45, 2.75) is 8.00 Å². The number of amides is 1. The van der Waals surface area contributed by atoms with Crippen molar-refractivity contribution in [2.24, 2.45) is 0 Å². The van der Waals surface area contributed by atoms with Crippen molar-refractivity contribution in [2.75, 3.05) is 0 Å². The van der Waals surface area contributed by atoms with E-state index in [4.69, 9.17) is 34.8 Å². The number of carbonyl (C=O) groups excluding carboxylic acids is 1. The number of sulfonamides is 1. The Balaban J connectivity index is 2.94. The van der Waals surface area contributed by atoms with Crippen LogP contribution in [0, 0.1) is 0 Å². The van der Waals surface area contributed by atoms with Gasteiger partial charge in [0, 0.05) is 0 Å². The highest BCUT2D eigenvalue weighted by Gasteiger charge is 2.34. The summed E-state index contributed by atoms with van der Waals surface area (Å²) in [5.41, 5.74) is 0. The first-order valence-electron chi connectivity index (χ1n) is 3.52. The molecule has 16 heavy (non-hydrogen) atoms. The molecule has 0 aliphatic heterocycles. The molecule has 4 nitrogen and oxygen atoms in total. The Hall–Kier alpha value is 0.470. The van der Waals surface area contributed by atoms with Gasteiger partial charge < -0.3 is 0 Å². The lowest BCUT2D eigenvalue weighted by molar-refractivity contribution is -0.118. The van der Waals surface area contributed by atoms with E-state index >= 15 is 0 Å². The minimum atomic E-state index is -3.99. The van der Waals surface area contributed by atoms with Gasteiger partial charge in [-0.15, -0.1) is 11.3 Å². The quantitative estimate of drug-likeness (QED) is 0.794. The van der Waals surface area contributed by atoms with Crippen molar-refractivity contribution in [3.63, 3.8) is 0 Å². The van der Waals surface area contributed by atoms with E-state index in [-0.39, 0.29) is 4.21 Å². The number of rotatable bonds is 2. The largest absolute Gasteiger partial charge is 0.285 e. The van der Waals surface area contributed by atoms with Crippen LogP contribution in [0.25, 0.3) is 0 Å². The van der Waals surface area contributed by atoms with Crippen molar-refractivity contribution < 1.29 is 13.2 Å². The first kappa shape index (κ1) is 14.5. The summed E-state index contributed by atoms with van der Waals surface area (Å²) < 4.78 is 23.1. The second-order valence-electron chi connectivity index (χ2n) is 2.49. The Morgan fingerprint density at radius 3 is 2.31 bits per heavy atom. The number of thiophene rings is 1. The van der Waals surface area contributed by atoms with E-state index in [1.54, 1.807) is 4.72 Å². The number of hydrogen-bond acceptors (Lipinski definition) is 4. The Morgan fingerprint density at radius 1 is 1.38 bits per heavy atom. The summed E-state index contributed by atoms with van der Waals surface area (Å²) >= 11 is 19.7. The summed E-state index contributed by atoms with van der Waals surface area (Å²) in [4.78, 5) is 11.2. The minimum absolute atomic E-state index is 0.0537. The SMILES string of the molecule is O=C(NS(=O)(=O)c1ccc(Br)s1)C(Cl)(Cl)Cl. The number of nitrogens with one attached hydrogen (secondary N) is 1. The molecule has 0 bridgehead atoms. The molecule has 0 fully saturated rings. The molecule has 0 saturated heterocycles. The third-order valence-corrected chi connectivity index (χ3v) is 5.26. The van der Waals surface area contributed by atoms with Gasteiger partial charge in [0.25, 0.3) is 19.7 Å². The van der Waals surface area contributed by atoms with Crippen LogP contribution in [0.3, 0.4) is 0 Å². The predicted octanol–water partition coefficient (Wildman–Crippen LogP) is 2.69. The third kappa shape index (κ3) is 3.75. The zero-order valence-corrected chi connectivity index (χ0v) is 12.7. The van der Waals surface area contributed by atoms with Crippen molar-refractivity contribution in [1.82, 2.24) is 4.72 Å². The van der Waals surface area contributed by atoms with Crippen molar-refractivity contribution in [1.29, 1.82) is 0 Å². The highest BCUT2D eigenvalue weighted by atomic mass is 79.9. The van der Waals surface area contributed by atoms with Gasteiger partial charge >= 0.3 is 0 Å². The molecule has 0 radical (unpaired) electrons. The van der Waals surface area contributed by atoms with Gasteiger partial charge in [-0.3, -0.25) is 4.79 Å². The summed E-state index contributed by atoms with van der Waals surface area (Å²) in [6.45, 7) is 0. The summed E-state index contributed by atoms with van der Waals surface area (Å²) in [5.74, 6) is -1.22. The van der Waals surface area contributed by atoms with Crippen LogP contribution in [0.4, 0.5) is 0 Å². The maximum Gasteiger partial charge on any atom is 0.285 e. The summed E-state index contributed by atoms with van der Waals surface area (Å²) in [6.07, 6.45) is 0. The zero-order chi connectivity index (χ0) is 12.6. The molecule has 1 heterocycles. The molecule has 0 spiro atoms. The third-order valence-electron chi connectivity index (χ3n) is 1.30. The van der Waals surface area contributed by atoms with E-state index < -0.39 is 19.7 Å². The lowest BCUT2D eigenvalue weighted by Crippen LogP contribution is -2.38. The molecular formula is C6H3BrCl3NO3S2. The number of hydrogen-bond donors (Lipinski definition) is 1. The fourth-order valence-corrected chi connectivity index (χ4v) is 4.00. The molecule has 1 aromatic rings. The Kier molecular flexibility index (Phi) is 4.53. The van der Waals surface area contributed by atoms with Crippen LogP contribution >= 0.6 is 62.1 Å². The average molecular weight is 387 g/mol. The molecule has 1 N–H and O–H groups in total. The Morgan fingerprint density at radius 2 is 1.94 bits per heavy atom. The van der Waals surface area contributed by atoms with Gasteiger partial charge in [0.2, 0.25) is 0 Å². The molecule has 0 unspecified atom stereocenters. The monoisotopic (exact) mass is 385 g/mol. The first-order chi connectivity index (χ1) is 7.13. The highest BCUT2D eigenvalue weighted by molar-refractivity contribution is 9.11. The predicted molar refractivity (Wildman–Crippen MR) is 67.6 cm³/mol. The summed E-state index contributed by atoms with van der Waals surface area (Å²) in [7, 11) is -3.99. The maximum atomic E-state index is 11.6. The average Bonchev–Trinajstić information content (AvgIpc) is 2.49. The lowest BCUT2D eigenvalue weighted by Gasteiger charge is -2.10. The van der Waals surface area contributed by atoms with Crippen molar-refractivity contribution >= 4 is 78.0 Å². The summed E-state index contributed by atoms with van der Waals surface area (Å²) in [6, 6.07) is 2.85. The summed E-state index contributed by atoms with van der Waals surface area (Å²) in [5, 5.41) is 0. The van der Waals surface area contributed by atoms with E-state index in [2.05, 4.69) is 15.9 Å². The molecule has 0 aromatic carbocycles. The molecule has 1 aromatic heterocycles. The molecule has 10 heteroatoms. The lowest BCUT2D eigenvalue weighted by atomic mass is 10.7. The van der Waals surface area contributed by atoms with Crippen LogP contribution in [0.1, 0.15) is 0 Å². The molecular weight excluding hydrogens is 384 g/mol. The van der Waals surface area contributed by atoms with Crippen LogP contribution in [-0.4, -0.2) is 18.1 Å².